The van der Waals surface area contributed by atoms with E-state index in [2.05, 4.69) is 10.3 Å². The number of anilines is 2. The van der Waals surface area contributed by atoms with Gasteiger partial charge in [-0.15, -0.1) is 12.4 Å². The van der Waals surface area contributed by atoms with Crippen molar-refractivity contribution < 1.29 is 0 Å². The molecule has 0 saturated carbocycles. The summed E-state index contributed by atoms with van der Waals surface area (Å²) in [7, 11) is 0. The van der Waals surface area contributed by atoms with E-state index in [4.69, 9.17) is 23.2 Å². The van der Waals surface area contributed by atoms with E-state index in [1.807, 2.05) is 55.5 Å². The minimum absolute atomic E-state index is 0. The number of nitrogens with one attached hydrogen (secondary N) is 1. The minimum atomic E-state index is 0. The van der Waals surface area contributed by atoms with E-state index in [0.29, 0.717) is 10.0 Å². The van der Waals surface area contributed by atoms with Crippen LogP contribution >= 0.6 is 35.6 Å². The molecule has 0 amide bonds. The molecule has 21 heavy (non-hydrogen) atoms. The van der Waals surface area contributed by atoms with Crippen LogP contribution in [0.4, 0.5) is 11.4 Å². The number of pyridine rings is 1. The zero-order valence-corrected chi connectivity index (χ0v) is 13.6. The minimum Gasteiger partial charge on any atom is -0.355 e. The Labute approximate surface area is 139 Å². The van der Waals surface area contributed by atoms with Gasteiger partial charge in [0.15, 0.2) is 0 Å². The van der Waals surface area contributed by atoms with Crippen molar-refractivity contribution in [1.29, 1.82) is 0 Å². The summed E-state index contributed by atoms with van der Waals surface area (Å²) in [6.45, 7) is 1.96. The van der Waals surface area contributed by atoms with Crippen LogP contribution in [-0.2, 0) is 0 Å². The molecule has 0 aliphatic heterocycles. The first-order valence-corrected chi connectivity index (χ1v) is 6.97. The van der Waals surface area contributed by atoms with Gasteiger partial charge in [-0.3, -0.25) is 4.98 Å². The quantitative estimate of drug-likeness (QED) is 0.618. The topological polar surface area (TPSA) is 24.9 Å². The lowest BCUT2D eigenvalue weighted by Gasteiger charge is -2.11. The third kappa shape index (κ3) is 3.59. The molecule has 2 aromatic carbocycles. The van der Waals surface area contributed by atoms with E-state index in [1.165, 1.54) is 0 Å². The second kappa shape index (κ2) is 6.52. The molecular formula is C16H13Cl3N2. The van der Waals surface area contributed by atoms with Gasteiger partial charge in [-0.25, -0.2) is 0 Å². The SMILES string of the molecule is Cc1cc(Nc2cccc(Cl)c2)c2ccc(Cl)cc2n1.Cl. The zero-order chi connectivity index (χ0) is 14.1. The Morgan fingerprint density at radius 3 is 2.48 bits per heavy atom. The number of halogens is 3. The van der Waals surface area contributed by atoms with E-state index >= 15 is 0 Å². The van der Waals surface area contributed by atoms with E-state index in [-0.39, 0.29) is 12.4 Å². The lowest BCUT2D eigenvalue weighted by Crippen LogP contribution is -1.94. The highest BCUT2D eigenvalue weighted by Gasteiger charge is 2.05. The van der Waals surface area contributed by atoms with Crippen molar-refractivity contribution in [3.63, 3.8) is 0 Å². The Morgan fingerprint density at radius 1 is 0.952 bits per heavy atom. The second-order valence-corrected chi connectivity index (χ2v) is 5.48. The summed E-state index contributed by atoms with van der Waals surface area (Å²) in [6, 6.07) is 15.3. The predicted octanol–water partition coefficient (Wildman–Crippen LogP) is 6.02. The fraction of sp³-hybridized carbons (Fsp3) is 0.0625. The normalized spacial score (nSPS) is 10.2. The number of fused-ring (bicyclic) bond motifs is 1. The molecule has 0 radical (unpaired) electrons. The molecule has 0 fully saturated rings. The monoisotopic (exact) mass is 338 g/mol. The number of aromatic nitrogens is 1. The van der Waals surface area contributed by atoms with Crippen molar-refractivity contribution in [1.82, 2.24) is 4.98 Å². The molecule has 0 unspecified atom stereocenters. The van der Waals surface area contributed by atoms with Gasteiger partial charge in [-0.2, -0.15) is 0 Å². The maximum Gasteiger partial charge on any atom is 0.0740 e. The van der Waals surface area contributed by atoms with Crippen LogP contribution in [0.2, 0.25) is 10.0 Å². The highest BCUT2D eigenvalue weighted by molar-refractivity contribution is 6.31. The molecule has 2 nitrogen and oxygen atoms in total. The van der Waals surface area contributed by atoms with Gasteiger partial charge in [0.2, 0.25) is 0 Å². The summed E-state index contributed by atoms with van der Waals surface area (Å²) in [5, 5.41) is 5.79. The molecule has 0 aliphatic rings. The Kier molecular flexibility index (Phi) is 4.94. The Hall–Kier alpha value is -1.48. The van der Waals surface area contributed by atoms with Crippen molar-refractivity contribution in [2.24, 2.45) is 0 Å². The molecular weight excluding hydrogens is 327 g/mol. The van der Waals surface area contributed by atoms with Gasteiger partial charge in [0, 0.05) is 32.5 Å². The van der Waals surface area contributed by atoms with Crippen LogP contribution in [-0.4, -0.2) is 4.98 Å². The van der Waals surface area contributed by atoms with Crippen LogP contribution in [0.3, 0.4) is 0 Å². The smallest absolute Gasteiger partial charge is 0.0740 e. The number of benzene rings is 2. The van der Waals surface area contributed by atoms with Crippen LogP contribution < -0.4 is 5.32 Å². The Morgan fingerprint density at radius 2 is 1.71 bits per heavy atom. The first kappa shape index (κ1) is 15.9. The van der Waals surface area contributed by atoms with E-state index in [0.717, 1.165) is 28.0 Å². The fourth-order valence-electron chi connectivity index (χ4n) is 2.16. The molecule has 0 atom stereocenters. The van der Waals surface area contributed by atoms with Gasteiger partial charge in [-0.1, -0.05) is 29.3 Å². The summed E-state index contributed by atoms with van der Waals surface area (Å²) in [4.78, 5) is 4.51. The average Bonchev–Trinajstić information content (AvgIpc) is 2.37. The van der Waals surface area contributed by atoms with Crippen LogP contribution in [0.15, 0.2) is 48.5 Å². The average molecular weight is 340 g/mol. The Balaban J connectivity index is 0.00000161. The molecule has 108 valence electrons. The molecule has 3 aromatic rings. The number of nitrogens with zero attached hydrogens (tertiary/aromatic N) is 1. The number of hydrogen-bond donors (Lipinski definition) is 1. The van der Waals surface area contributed by atoms with Crippen LogP contribution in [0.25, 0.3) is 10.9 Å². The fourth-order valence-corrected chi connectivity index (χ4v) is 2.52. The highest BCUT2D eigenvalue weighted by Crippen LogP contribution is 2.29. The van der Waals surface area contributed by atoms with Crippen molar-refractivity contribution >= 4 is 57.9 Å². The third-order valence-electron chi connectivity index (χ3n) is 3.00. The molecule has 3 rings (SSSR count). The summed E-state index contributed by atoms with van der Waals surface area (Å²) in [6.07, 6.45) is 0. The van der Waals surface area contributed by atoms with Crippen molar-refractivity contribution in [2.45, 2.75) is 6.92 Å². The number of rotatable bonds is 2. The van der Waals surface area contributed by atoms with Crippen molar-refractivity contribution in [2.75, 3.05) is 5.32 Å². The van der Waals surface area contributed by atoms with Crippen molar-refractivity contribution in [3.05, 3.63) is 64.3 Å². The summed E-state index contributed by atoms with van der Waals surface area (Å²) >= 11 is 12.0. The van der Waals surface area contributed by atoms with Crippen LogP contribution in [0, 0.1) is 6.92 Å². The van der Waals surface area contributed by atoms with Gasteiger partial charge < -0.3 is 5.32 Å². The molecule has 0 spiro atoms. The van der Waals surface area contributed by atoms with Crippen molar-refractivity contribution in [3.8, 4) is 0 Å². The number of hydrogen-bond acceptors (Lipinski definition) is 2. The lowest BCUT2D eigenvalue weighted by atomic mass is 10.1. The zero-order valence-electron chi connectivity index (χ0n) is 11.2. The standard InChI is InChI=1S/C16H12Cl2N2.ClH/c1-10-7-15(20-13-4-2-3-11(17)8-13)14-6-5-12(18)9-16(14)19-10;/h2-9H,1H3,(H,19,20);1H. The summed E-state index contributed by atoms with van der Waals surface area (Å²) in [5.41, 5.74) is 3.75. The maximum atomic E-state index is 6.03. The first-order valence-electron chi connectivity index (χ1n) is 6.21. The van der Waals surface area contributed by atoms with Gasteiger partial charge in [-0.05, 0) is 49.4 Å². The van der Waals surface area contributed by atoms with Crippen LogP contribution in [0.1, 0.15) is 5.69 Å². The number of aryl methyl sites for hydroxylation is 1. The molecule has 0 aliphatic carbocycles. The molecule has 1 heterocycles. The second-order valence-electron chi connectivity index (χ2n) is 4.61. The molecule has 1 N–H and O–H groups in total. The third-order valence-corrected chi connectivity index (χ3v) is 3.47. The van der Waals surface area contributed by atoms with E-state index in [9.17, 15) is 0 Å². The lowest BCUT2D eigenvalue weighted by molar-refractivity contribution is 1.25. The Bertz CT molecular complexity index is 782. The highest BCUT2D eigenvalue weighted by atomic mass is 35.5. The largest absolute Gasteiger partial charge is 0.355 e. The van der Waals surface area contributed by atoms with E-state index in [1.54, 1.807) is 0 Å². The van der Waals surface area contributed by atoms with Crippen LogP contribution in [0.5, 0.6) is 0 Å². The van der Waals surface area contributed by atoms with Gasteiger partial charge in [0.05, 0.1) is 5.52 Å². The first-order chi connectivity index (χ1) is 9.61. The van der Waals surface area contributed by atoms with E-state index < -0.39 is 0 Å². The van der Waals surface area contributed by atoms with Gasteiger partial charge in [0.1, 0.15) is 0 Å². The summed E-state index contributed by atoms with van der Waals surface area (Å²) in [5.74, 6) is 0. The molecule has 0 bridgehead atoms. The summed E-state index contributed by atoms with van der Waals surface area (Å²) < 4.78 is 0. The maximum absolute atomic E-state index is 6.03. The van der Waals surface area contributed by atoms with Gasteiger partial charge in [0.25, 0.3) is 0 Å². The molecule has 5 heteroatoms. The van der Waals surface area contributed by atoms with Gasteiger partial charge >= 0.3 is 0 Å². The molecule has 0 saturated heterocycles. The molecule has 1 aromatic heterocycles. The predicted molar refractivity (Wildman–Crippen MR) is 93.5 cm³/mol.